The first-order chi connectivity index (χ1) is 19.5. The van der Waals surface area contributed by atoms with Gasteiger partial charge >= 0.3 is 0 Å². The molecule has 7 rings (SSSR count). The van der Waals surface area contributed by atoms with Crippen LogP contribution >= 0.6 is 0 Å². The number of aliphatic hydroxyl groups is 1. The standard InChI is InChI=1S/C28H35N9O3/c1-3-22-29-20-6-4-5-7-21(20)37(22)28-31-25-24(26(32-28)35-10-12-40-13-11-35)30-23(33(25)2)17-34-14-18(15-34)27(39)36-9-8-19(38)16-36/h4-7,18-19,38H,3,8-17H2,1-2H3. The van der Waals surface area contributed by atoms with Gasteiger partial charge in [-0.1, -0.05) is 19.1 Å². The smallest absolute Gasteiger partial charge is 0.239 e. The molecule has 12 nitrogen and oxygen atoms in total. The van der Waals surface area contributed by atoms with Crippen LogP contribution in [0.2, 0.25) is 0 Å². The van der Waals surface area contributed by atoms with E-state index in [2.05, 4.69) is 31.9 Å². The number of carbonyl (C=O) groups excluding carboxylic acids is 1. The number of para-hydroxylation sites is 2. The molecule has 6 heterocycles. The number of benzene rings is 1. The van der Waals surface area contributed by atoms with Crippen LogP contribution in [0.5, 0.6) is 0 Å². The second-order valence-electron chi connectivity index (χ2n) is 11.0. The van der Waals surface area contributed by atoms with Gasteiger partial charge in [0.05, 0.1) is 42.8 Å². The van der Waals surface area contributed by atoms with Gasteiger partial charge in [-0.25, -0.2) is 9.97 Å². The SMILES string of the molecule is CCc1nc2ccccc2n1-c1nc(N2CCOCC2)c2nc(CN3CC(C(=O)N4CCC(O)C4)C3)n(C)c2n1. The Labute approximate surface area is 232 Å². The van der Waals surface area contributed by atoms with E-state index in [0.29, 0.717) is 58.3 Å². The molecule has 4 aromatic rings. The fourth-order valence-corrected chi connectivity index (χ4v) is 6.11. The number of hydrogen-bond acceptors (Lipinski definition) is 9. The summed E-state index contributed by atoms with van der Waals surface area (Å²) >= 11 is 0. The fraction of sp³-hybridized carbons (Fsp3) is 0.536. The zero-order valence-corrected chi connectivity index (χ0v) is 23.0. The van der Waals surface area contributed by atoms with Crippen molar-refractivity contribution < 1.29 is 14.6 Å². The summed E-state index contributed by atoms with van der Waals surface area (Å²) in [6, 6.07) is 8.09. The molecule has 0 radical (unpaired) electrons. The zero-order valence-electron chi connectivity index (χ0n) is 23.0. The number of likely N-dealkylation sites (tertiary alicyclic amines) is 2. The van der Waals surface area contributed by atoms with Crippen molar-refractivity contribution in [1.29, 1.82) is 0 Å². The monoisotopic (exact) mass is 545 g/mol. The number of amides is 1. The summed E-state index contributed by atoms with van der Waals surface area (Å²) in [5.74, 6) is 3.35. The van der Waals surface area contributed by atoms with E-state index in [-0.39, 0.29) is 17.9 Å². The molecule has 12 heteroatoms. The van der Waals surface area contributed by atoms with Crippen molar-refractivity contribution in [2.75, 3.05) is 57.4 Å². The van der Waals surface area contributed by atoms with E-state index < -0.39 is 0 Å². The second kappa shape index (κ2) is 10.1. The number of imidazole rings is 2. The predicted octanol–water partition coefficient (Wildman–Crippen LogP) is 1.13. The molecule has 0 spiro atoms. The minimum atomic E-state index is -0.388. The van der Waals surface area contributed by atoms with Gasteiger partial charge in [0.25, 0.3) is 0 Å². The molecular weight excluding hydrogens is 510 g/mol. The predicted molar refractivity (Wildman–Crippen MR) is 149 cm³/mol. The van der Waals surface area contributed by atoms with Gasteiger partial charge in [-0.3, -0.25) is 14.3 Å². The summed E-state index contributed by atoms with van der Waals surface area (Å²) in [5.41, 5.74) is 3.47. The van der Waals surface area contributed by atoms with Crippen LogP contribution in [0.25, 0.3) is 28.1 Å². The third-order valence-electron chi connectivity index (χ3n) is 8.38. The molecule has 3 fully saturated rings. The maximum absolute atomic E-state index is 12.8. The summed E-state index contributed by atoms with van der Waals surface area (Å²) in [4.78, 5) is 39.2. The number of β-amino-alcohol motifs (C(OH)–C–C–N with tert-alkyl or cyclic N) is 1. The molecular formula is C28H35N9O3. The Kier molecular flexibility index (Phi) is 6.40. The van der Waals surface area contributed by atoms with Crippen LogP contribution in [0.1, 0.15) is 25.0 Å². The van der Waals surface area contributed by atoms with Gasteiger partial charge < -0.3 is 24.2 Å². The highest BCUT2D eigenvalue weighted by Gasteiger charge is 2.38. The van der Waals surface area contributed by atoms with Crippen LogP contribution in [0, 0.1) is 5.92 Å². The lowest BCUT2D eigenvalue weighted by atomic mass is 9.98. The van der Waals surface area contributed by atoms with Crippen molar-refractivity contribution in [3.05, 3.63) is 35.9 Å². The van der Waals surface area contributed by atoms with E-state index in [1.54, 1.807) is 4.90 Å². The summed E-state index contributed by atoms with van der Waals surface area (Å²) in [6.07, 6.45) is 1.04. The number of aryl methyl sites for hydroxylation is 2. The molecule has 0 saturated carbocycles. The van der Waals surface area contributed by atoms with Crippen LogP contribution in [-0.4, -0.2) is 108 Å². The number of aromatic nitrogens is 6. The molecule has 1 unspecified atom stereocenters. The van der Waals surface area contributed by atoms with Crippen molar-refractivity contribution in [3.63, 3.8) is 0 Å². The van der Waals surface area contributed by atoms with Gasteiger partial charge in [0.1, 0.15) is 11.6 Å². The maximum atomic E-state index is 12.8. The number of fused-ring (bicyclic) bond motifs is 2. The zero-order chi connectivity index (χ0) is 27.4. The largest absolute Gasteiger partial charge is 0.391 e. The summed E-state index contributed by atoms with van der Waals surface area (Å²) < 4.78 is 9.75. The molecule has 1 amide bonds. The first kappa shape index (κ1) is 25.4. The highest BCUT2D eigenvalue weighted by Crippen LogP contribution is 2.30. The van der Waals surface area contributed by atoms with E-state index in [0.717, 1.165) is 59.2 Å². The first-order valence-corrected chi connectivity index (χ1v) is 14.2. The minimum Gasteiger partial charge on any atom is -0.391 e. The third kappa shape index (κ3) is 4.30. The number of anilines is 1. The molecule has 1 aromatic carbocycles. The van der Waals surface area contributed by atoms with Crippen LogP contribution in [0.3, 0.4) is 0 Å². The molecule has 1 N–H and O–H groups in total. The highest BCUT2D eigenvalue weighted by atomic mass is 16.5. The molecule has 3 aliphatic heterocycles. The van der Waals surface area contributed by atoms with Crippen molar-refractivity contribution in [1.82, 2.24) is 38.9 Å². The third-order valence-corrected chi connectivity index (χ3v) is 8.38. The maximum Gasteiger partial charge on any atom is 0.239 e. The van der Waals surface area contributed by atoms with E-state index in [9.17, 15) is 9.90 Å². The average Bonchev–Trinajstić information content (AvgIpc) is 3.65. The summed E-state index contributed by atoms with van der Waals surface area (Å²) in [5, 5.41) is 9.80. The normalized spacial score (nSPS) is 20.6. The van der Waals surface area contributed by atoms with Crippen molar-refractivity contribution in [2.24, 2.45) is 13.0 Å². The number of morpholine rings is 1. The topological polar surface area (TPSA) is 118 Å². The Balaban J connectivity index is 1.22. The van der Waals surface area contributed by atoms with Gasteiger partial charge in [-0.05, 0) is 18.6 Å². The van der Waals surface area contributed by atoms with Gasteiger partial charge in [0.15, 0.2) is 17.0 Å². The van der Waals surface area contributed by atoms with Crippen molar-refractivity contribution in [3.8, 4) is 5.95 Å². The Morgan fingerprint density at radius 2 is 1.82 bits per heavy atom. The van der Waals surface area contributed by atoms with Gasteiger partial charge in [0.2, 0.25) is 11.9 Å². The van der Waals surface area contributed by atoms with Crippen LogP contribution in [-0.2, 0) is 29.5 Å². The Morgan fingerprint density at radius 3 is 2.58 bits per heavy atom. The summed E-state index contributed by atoms with van der Waals surface area (Å²) in [7, 11) is 2.01. The van der Waals surface area contributed by atoms with Crippen LogP contribution in [0.4, 0.5) is 5.82 Å². The minimum absolute atomic E-state index is 0.0164. The summed E-state index contributed by atoms with van der Waals surface area (Å²) in [6.45, 7) is 8.00. The molecule has 40 heavy (non-hydrogen) atoms. The van der Waals surface area contributed by atoms with Gasteiger partial charge in [-0.2, -0.15) is 9.97 Å². The molecule has 3 saturated heterocycles. The van der Waals surface area contributed by atoms with E-state index in [4.69, 9.17) is 24.7 Å². The Hall–Kier alpha value is -3.61. The second-order valence-corrected chi connectivity index (χ2v) is 11.0. The number of carbonyl (C=O) groups is 1. The lowest BCUT2D eigenvalue weighted by Crippen LogP contribution is -2.53. The molecule has 3 aliphatic rings. The molecule has 3 aromatic heterocycles. The number of nitrogens with zero attached hydrogens (tertiary/aromatic N) is 9. The number of rotatable bonds is 6. The van der Waals surface area contributed by atoms with Gasteiger partial charge in [-0.15, -0.1) is 0 Å². The molecule has 0 aliphatic carbocycles. The number of hydrogen-bond donors (Lipinski definition) is 1. The van der Waals surface area contributed by atoms with E-state index in [1.165, 1.54) is 0 Å². The van der Waals surface area contributed by atoms with E-state index >= 15 is 0 Å². The average molecular weight is 546 g/mol. The number of ether oxygens (including phenoxy) is 1. The van der Waals surface area contributed by atoms with Crippen LogP contribution in [0.15, 0.2) is 24.3 Å². The Morgan fingerprint density at radius 1 is 1.02 bits per heavy atom. The molecule has 210 valence electrons. The van der Waals surface area contributed by atoms with Crippen LogP contribution < -0.4 is 4.90 Å². The lowest BCUT2D eigenvalue weighted by Gasteiger charge is -2.39. The van der Waals surface area contributed by atoms with Crippen molar-refractivity contribution >= 4 is 33.9 Å². The number of aliphatic hydroxyl groups excluding tert-OH is 1. The van der Waals surface area contributed by atoms with E-state index in [1.807, 2.05) is 25.2 Å². The molecule has 1 atom stereocenters. The van der Waals surface area contributed by atoms with Crippen molar-refractivity contribution in [2.45, 2.75) is 32.4 Å². The Bertz CT molecular complexity index is 1570. The fourth-order valence-electron chi connectivity index (χ4n) is 6.11. The lowest BCUT2D eigenvalue weighted by molar-refractivity contribution is -0.140. The van der Waals surface area contributed by atoms with Gasteiger partial charge in [0, 0.05) is 52.7 Å². The first-order valence-electron chi connectivity index (χ1n) is 14.2. The quantitative estimate of drug-likeness (QED) is 0.380. The molecule has 0 bridgehead atoms. The highest BCUT2D eigenvalue weighted by molar-refractivity contribution is 5.86.